The van der Waals surface area contributed by atoms with E-state index >= 15 is 0 Å². The molecule has 0 saturated carbocycles. The molecule has 1 aromatic heterocycles. The number of hydrogen-bond acceptors (Lipinski definition) is 4. The molecule has 0 saturated heterocycles. The Hall–Kier alpha value is -2.24. The Morgan fingerprint density at radius 2 is 1.62 bits per heavy atom. The number of benzene rings is 1. The summed E-state index contributed by atoms with van der Waals surface area (Å²) in [5, 5.41) is 6.03. The average Bonchev–Trinajstić information content (AvgIpc) is 2.37. The van der Waals surface area contributed by atoms with Crippen molar-refractivity contribution in [1.82, 2.24) is 9.97 Å². The molecule has 112 valence electrons. The second kappa shape index (κ2) is 6.97. The number of anilines is 3. The zero-order chi connectivity index (χ0) is 15.2. The van der Waals surface area contributed by atoms with Crippen LogP contribution >= 0.6 is 0 Å². The van der Waals surface area contributed by atoms with Gasteiger partial charge in [0, 0.05) is 30.8 Å². The molecule has 0 radical (unpaired) electrons. The van der Waals surface area contributed by atoms with Crippen molar-refractivity contribution in [2.45, 2.75) is 26.7 Å². The van der Waals surface area contributed by atoms with Gasteiger partial charge in [0.25, 0.3) is 0 Å². The SMILES string of the molecule is CCCc1nc(NCC)cc(Nc2cc(F)cc(F)c2)n1. The fraction of sp³-hybridized carbons (Fsp3) is 0.333. The Bertz CT molecular complexity index is 572. The van der Waals surface area contributed by atoms with Gasteiger partial charge in [0.1, 0.15) is 29.1 Å². The largest absolute Gasteiger partial charge is 0.370 e. The number of aryl methyl sites for hydroxylation is 1. The summed E-state index contributed by atoms with van der Waals surface area (Å²) in [5.41, 5.74) is 0.316. The highest BCUT2D eigenvalue weighted by Crippen LogP contribution is 2.20. The molecular formula is C15H18F2N4. The van der Waals surface area contributed by atoms with Crippen LogP contribution in [0.3, 0.4) is 0 Å². The Morgan fingerprint density at radius 3 is 2.24 bits per heavy atom. The van der Waals surface area contributed by atoms with Gasteiger partial charge in [-0.25, -0.2) is 18.7 Å². The lowest BCUT2D eigenvalue weighted by molar-refractivity contribution is 0.584. The van der Waals surface area contributed by atoms with Crippen molar-refractivity contribution in [2.24, 2.45) is 0 Å². The molecule has 2 N–H and O–H groups in total. The second-order valence-corrected chi connectivity index (χ2v) is 4.62. The number of halogens is 2. The van der Waals surface area contributed by atoms with Crippen LogP contribution in [0.25, 0.3) is 0 Å². The van der Waals surface area contributed by atoms with Crippen molar-refractivity contribution in [3.63, 3.8) is 0 Å². The molecule has 6 heteroatoms. The summed E-state index contributed by atoms with van der Waals surface area (Å²) in [4.78, 5) is 8.73. The second-order valence-electron chi connectivity index (χ2n) is 4.62. The first-order valence-corrected chi connectivity index (χ1v) is 6.95. The third-order valence-corrected chi connectivity index (χ3v) is 2.74. The number of rotatable bonds is 6. The van der Waals surface area contributed by atoms with E-state index in [-0.39, 0.29) is 0 Å². The summed E-state index contributed by atoms with van der Waals surface area (Å²) in [6.07, 6.45) is 1.66. The van der Waals surface area contributed by atoms with E-state index in [4.69, 9.17) is 0 Å². The fourth-order valence-electron chi connectivity index (χ4n) is 1.94. The van der Waals surface area contributed by atoms with E-state index in [0.717, 1.165) is 25.5 Å². The van der Waals surface area contributed by atoms with Crippen LogP contribution < -0.4 is 10.6 Å². The minimum atomic E-state index is -0.632. The highest BCUT2D eigenvalue weighted by Gasteiger charge is 2.06. The maximum absolute atomic E-state index is 13.2. The van der Waals surface area contributed by atoms with Crippen LogP contribution in [-0.2, 0) is 6.42 Å². The van der Waals surface area contributed by atoms with Gasteiger partial charge in [0.05, 0.1) is 0 Å². The van der Waals surface area contributed by atoms with Gasteiger partial charge >= 0.3 is 0 Å². The average molecular weight is 292 g/mol. The quantitative estimate of drug-likeness (QED) is 0.848. The van der Waals surface area contributed by atoms with Gasteiger partial charge in [-0.15, -0.1) is 0 Å². The first kappa shape index (κ1) is 15.2. The van der Waals surface area contributed by atoms with E-state index in [2.05, 4.69) is 20.6 Å². The molecular weight excluding hydrogens is 274 g/mol. The minimum Gasteiger partial charge on any atom is -0.370 e. The monoisotopic (exact) mass is 292 g/mol. The van der Waals surface area contributed by atoms with E-state index in [1.807, 2.05) is 13.8 Å². The Balaban J connectivity index is 2.28. The molecule has 1 heterocycles. The van der Waals surface area contributed by atoms with Crippen LogP contribution in [0.15, 0.2) is 24.3 Å². The maximum atomic E-state index is 13.2. The van der Waals surface area contributed by atoms with Gasteiger partial charge < -0.3 is 10.6 Å². The standard InChI is InChI=1S/C15H18F2N4/c1-3-5-13-20-14(18-4-2)9-15(21-13)19-12-7-10(16)6-11(17)8-12/h6-9H,3-5H2,1-2H3,(H2,18,19,20,21). The van der Waals surface area contributed by atoms with Gasteiger partial charge in [-0.1, -0.05) is 6.92 Å². The highest BCUT2D eigenvalue weighted by atomic mass is 19.1. The summed E-state index contributed by atoms with van der Waals surface area (Å²) in [7, 11) is 0. The molecule has 0 aliphatic rings. The predicted octanol–water partition coefficient (Wildman–Crippen LogP) is 3.88. The lowest BCUT2D eigenvalue weighted by Gasteiger charge is -2.10. The Labute approximate surface area is 122 Å². The zero-order valence-electron chi connectivity index (χ0n) is 12.1. The smallest absolute Gasteiger partial charge is 0.136 e. The van der Waals surface area contributed by atoms with Crippen LogP contribution in [0.4, 0.5) is 26.1 Å². The van der Waals surface area contributed by atoms with E-state index in [1.165, 1.54) is 12.1 Å². The molecule has 0 fully saturated rings. The lowest BCUT2D eigenvalue weighted by atomic mass is 10.3. The van der Waals surface area contributed by atoms with Crippen molar-refractivity contribution in [2.75, 3.05) is 17.2 Å². The van der Waals surface area contributed by atoms with Crippen molar-refractivity contribution in [1.29, 1.82) is 0 Å². The van der Waals surface area contributed by atoms with Gasteiger partial charge in [-0.05, 0) is 25.5 Å². The van der Waals surface area contributed by atoms with Crippen molar-refractivity contribution >= 4 is 17.3 Å². The van der Waals surface area contributed by atoms with Crippen LogP contribution in [0.5, 0.6) is 0 Å². The first-order chi connectivity index (χ1) is 10.1. The minimum absolute atomic E-state index is 0.316. The van der Waals surface area contributed by atoms with Gasteiger partial charge in [-0.2, -0.15) is 0 Å². The van der Waals surface area contributed by atoms with E-state index in [9.17, 15) is 8.78 Å². The summed E-state index contributed by atoms with van der Waals surface area (Å²) < 4.78 is 26.4. The summed E-state index contributed by atoms with van der Waals surface area (Å²) in [5.74, 6) is 0.625. The van der Waals surface area contributed by atoms with E-state index in [0.29, 0.717) is 23.1 Å². The van der Waals surface area contributed by atoms with Crippen LogP contribution in [0, 0.1) is 11.6 Å². The molecule has 0 amide bonds. The number of aromatic nitrogens is 2. The molecule has 2 aromatic rings. The number of hydrogen-bond donors (Lipinski definition) is 2. The molecule has 0 bridgehead atoms. The molecule has 0 unspecified atom stereocenters. The van der Waals surface area contributed by atoms with Crippen LogP contribution in [0.1, 0.15) is 26.1 Å². The first-order valence-electron chi connectivity index (χ1n) is 6.95. The summed E-state index contributed by atoms with van der Waals surface area (Å²) in [6.45, 7) is 4.74. The van der Waals surface area contributed by atoms with Crippen molar-refractivity contribution in [3.8, 4) is 0 Å². The summed E-state index contributed by atoms with van der Waals surface area (Å²) >= 11 is 0. The third-order valence-electron chi connectivity index (χ3n) is 2.74. The lowest BCUT2D eigenvalue weighted by Crippen LogP contribution is -2.06. The zero-order valence-corrected chi connectivity index (χ0v) is 12.1. The number of nitrogens with one attached hydrogen (secondary N) is 2. The van der Waals surface area contributed by atoms with Gasteiger partial charge in [0.2, 0.25) is 0 Å². The fourth-order valence-corrected chi connectivity index (χ4v) is 1.94. The van der Waals surface area contributed by atoms with Crippen LogP contribution in [0.2, 0.25) is 0 Å². The molecule has 0 aliphatic carbocycles. The van der Waals surface area contributed by atoms with Crippen LogP contribution in [-0.4, -0.2) is 16.5 Å². The highest BCUT2D eigenvalue weighted by molar-refractivity contribution is 5.59. The van der Waals surface area contributed by atoms with Gasteiger partial charge in [0.15, 0.2) is 0 Å². The van der Waals surface area contributed by atoms with E-state index in [1.54, 1.807) is 6.07 Å². The maximum Gasteiger partial charge on any atom is 0.136 e. The predicted molar refractivity (Wildman–Crippen MR) is 79.8 cm³/mol. The molecule has 4 nitrogen and oxygen atoms in total. The third kappa shape index (κ3) is 4.37. The Morgan fingerprint density at radius 1 is 0.952 bits per heavy atom. The molecule has 0 spiro atoms. The van der Waals surface area contributed by atoms with Gasteiger partial charge in [-0.3, -0.25) is 0 Å². The molecule has 2 rings (SSSR count). The molecule has 0 atom stereocenters. The van der Waals surface area contributed by atoms with Crippen molar-refractivity contribution < 1.29 is 8.78 Å². The Kier molecular flexibility index (Phi) is 5.03. The normalized spacial score (nSPS) is 10.5. The topological polar surface area (TPSA) is 49.8 Å². The molecule has 21 heavy (non-hydrogen) atoms. The van der Waals surface area contributed by atoms with E-state index < -0.39 is 11.6 Å². The van der Waals surface area contributed by atoms with Crippen molar-refractivity contribution in [3.05, 3.63) is 41.7 Å². The molecule has 1 aromatic carbocycles. The number of nitrogens with zero attached hydrogens (tertiary/aromatic N) is 2. The summed E-state index contributed by atoms with van der Waals surface area (Å²) in [6, 6.07) is 4.98. The molecule has 0 aliphatic heterocycles.